The van der Waals surface area contributed by atoms with Crippen LogP contribution in [0.4, 0.5) is 23.7 Å². The molecular formula is C26H27ClF3N5O6S. The molecule has 4 N–H and O–H groups in total. The van der Waals surface area contributed by atoms with Crippen LogP contribution in [-0.2, 0) is 27.4 Å². The lowest BCUT2D eigenvalue weighted by atomic mass is 9.95. The summed E-state index contributed by atoms with van der Waals surface area (Å²) in [6, 6.07) is 3.37. The van der Waals surface area contributed by atoms with Crippen LogP contribution in [0.3, 0.4) is 0 Å². The van der Waals surface area contributed by atoms with Gasteiger partial charge in [-0.1, -0.05) is 32.4 Å². The van der Waals surface area contributed by atoms with Crippen LogP contribution in [0.5, 0.6) is 0 Å². The molecule has 1 atom stereocenters. The summed E-state index contributed by atoms with van der Waals surface area (Å²) in [4.78, 5) is 44.2. The number of nitrogens with one attached hydrogen (secondary N) is 1. The predicted molar refractivity (Wildman–Crippen MR) is 145 cm³/mol. The second-order valence-electron chi connectivity index (χ2n) is 11.0. The molecule has 1 aromatic heterocycles. The van der Waals surface area contributed by atoms with Gasteiger partial charge in [-0.05, 0) is 35.4 Å². The fourth-order valence-electron chi connectivity index (χ4n) is 4.73. The van der Waals surface area contributed by atoms with Crippen LogP contribution in [0, 0.1) is 5.41 Å². The minimum atomic E-state index is -4.74. The van der Waals surface area contributed by atoms with Gasteiger partial charge in [-0.2, -0.15) is 13.2 Å². The number of carboxylic acid groups (broad SMARTS) is 1. The Morgan fingerprint density at radius 2 is 1.81 bits per heavy atom. The van der Waals surface area contributed by atoms with Crippen molar-refractivity contribution >= 4 is 45.2 Å². The van der Waals surface area contributed by atoms with Crippen LogP contribution in [-0.4, -0.2) is 71.9 Å². The molecule has 16 heteroatoms. The van der Waals surface area contributed by atoms with Crippen LogP contribution < -0.4 is 10.5 Å². The van der Waals surface area contributed by atoms with Gasteiger partial charge in [0.1, 0.15) is 4.90 Å². The molecule has 11 nitrogen and oxygen atoms in total. The molecule has 1 unspecified atom stereocenters. The van der Waals surface area contributed by atoms with E-state index in [1.165, 1.54) is 11.0 Å². The number of nitrogens with two attached hydrogens (primary N) is 1. The van der Waals surface area contributed by atoms with Gasteiger partial charge in [0, 0.05) is 43.2 Å². The van der Waals surface area contributed by atoms with Crippen LogP contribution in [0.25, 0.3) is 0 Å². The number of halogens is 4. The first-order valence-corrected chi connectivity index (χ1v) is 14.4. The normalized spacial score (nSPS) is 17.5. The number of alkyl halides is 3. The van der Waals surface area contributed by atoms with Crippen LogP contribution in [0.1, 0.15) is 42.4 Å². The number of anilines is 1. The van der Waals surface area contributed by atoms with Crippen molar-refractivity contribution in [3.05, 3.63) is 63.5 Å². The van der Waals surface area contributed by atoms with Gasteiger partial charge in [0.05, 0.1) is 28.0 Å². The number of primary sulfonamides is 1. The Balaban J connectivity index is 1.75. The highest BCUT2D eigenvalue weighted by Crippen LogP contribution is 2.37. The molecular weight excluding hydrogens is 603 g/mol. The maximum absolute atomic E-state index is 13.7. The molecule has 0 saturated carbocycles. The van der Waals surface area contributed by atoms with Gasteiger partial charge in [-0.15, -0.1) is 0 Å². The van der Waals surface area contributed by atoms with Gasteiger partial charge >= 0.3 is 12.3 Å². The van der Waals surface area contributed by atoms with Gasteiger partial charge in [-0.3, -0.25) is 14.6 Å². The standard InChI is InChI=1S/C26H27ClF3N5O6S/c1-25(2,3)23(37)33-19-7-15(26(28,29)30)9-32-18(19)8-20-16-12-34(24(38)39)10-14(16)11-35(20)22(36)13-4-5-21(17(27)6-13)42(31,40)41/h4-7,9,20H,8,10-12H2,1-3H3,(H,33,37)(H,38,39)(H2,31,40,41). The molecule has 2 aliphatic heterocycles. The lowest BCUT2D eigenvalue weighted by molar-refractivity contribution is -0.137. The molecule has 1 aromatic carbocycles. The maximum Gasteiger partial charge on any atom is 0.417 e. The third-order valence-electron chi connectivity index (χ3n) is 6.97. The minimum Gasteiger partial charge on any atom is -0.465 e. The molecule has 0 bridgehead atoms. The van der Waals surface area contributed by atoms with Crippen LogP contribution in [0.15, 0.2) is 46.5 Å². The summed E-state index contributed by atoms with van der Waals surface area (Å²) in [6.07, 6.45) is -5.45. The summed E-state index contributed by atoms with van der Waals surface area (Å²) in [5, 5.41) is 16.9. The number of rotatable bonds is 5. The highest BCUT2D eigenvalue weighted by Gasteiger charge is 2.42. The second kappa shape index (κ2) is 10.9. The van der Waals surface area contributed by atoms with Crippen molar-refractivity contribution in [2.75, 3.05) is 25.0 Å². The summed E-state index contributed by atoms with van der Waals surface area (Å²) in [5.74, 6) is -1.15. The zero-order valence-corrected chi connectivity index (χ0v) is 24.2. The van der Waals surface area contributed by atoms with Crippen molar-refractivity contribution < 1.29 is 41.1 Å². The van der Waals surface area contributed by atoms with Crippen molar-refractivity contribution in [1.82, 2.24) is 14.8 Å². The van der Waals surface area contributed by atoms with Crippen molar-refractivity contribution in [3.63, 3.8) is 0 Å². The highest BCUT2D eigenvalue weighted by molar-refractivity contribution is 7.89. The molecule has 4 rings (SSSR count). The zero-order chi connectivity index (χ0) is 31.4. The summed E-state index contributed by atoms with van der Waals surface area (Å²) in [5.41, 5.74) is -0.962. The average molecular weight is 630 g/mol. The van der Waals surface area contributed by atoms with E-state index in [1.807, 2.05) is 0 Å². The molecule has 0 saturated heterocycles. The van der Waals surface area contributed by atoms with Gasteiger partial charge in [0.2, 0.25) is 15.9 Å². The first-order valence-electron chi connectivity index (χ1n) is 12.5. The Bertz CT molecular complexity index is 1620. The summed E-state index contributed by atoms with van der Waals surface area (Å²) in [7, 11) is -4.16. The molecule has 3 heterocycles. The molecule has 0 radical (unpaired) electrons. The van der Waals surface area contributed by atoms with Crippen molar-refractivity contribution in [2.45, 2.75) is 44.3 Å². The molecule has 2 aromatic rings. The number of carbonyl (C=O) groups is 3. The van der Waals surface area contributed by atoms with E-state index in [0.29, 0.717) is 17.3 Å². The first kappa shape index (κ1) is 31.3. The lowest BCUT2D eigenvalue weighted by Crippen LogP contribution is -2.43. The van der Waals surface area contributed by atoms with E-state index in [-0.39, 0.29) is 52.9 Å². The topological polar surface area (TPSA) is 163 Å². The van der Waals surface area contributed by atoms with E-state index in [0.717, 1.165) is 23.1 Å². The zero-order valence-electron chi connectivity index (χ0n) is 22.6. The Kier molecular flexibility index (Phi) is 8.08. The molecule has 0 spiro atoms. The number of aromatic nitrogens is 1. The lowest BCUT2D eigenvalue weighted by Gasteiger charge is -2.30. The third-order valence-corrected chi connectivity index (χ3v) is 8.36. The number of pyridine rings is 1. The summed E-state index contributed by atoms with van der Waals surface area (Å²) >= 11 is 6.08. The molecule has 3 amide bonds. The fraction of sp³-hybridized carbons (Fsp3) is 0.385. The van der Waals surface area contributed by atoms with E-state index in [2.05, 4.69) is 10.3 Å². The summed E-state index contributed by atoms with van der Waals surface area (Å²) in [6.45, 7) is 4.73. The van der Waals surface area contributed by atoms with Gasteiger partial charge in [-0.25, -0.2) is 18.4 Å². The molecule has 2 aliphatic rings. The van der Waals surface area contributed by atoms with E-state index < -0.39 is 51.1 Å². The Hall–Kier alpha value is -3.69. The fourth-order valence-corrected chi connectivity index (χ4v) is 5.82. The van der Waals surface area contributed by atoms with Crippen LogP contribution >= 0.6 is 11.6 Å². The van der Waals surface area contributed by atoms with Crippen molar-refractivity contribution in [2.24, 2.45) is 10.6 Å². The van der Waals surface area contributed by atoms with Crippen molar-refractivity contribution in [1.29, 1.82) is 0 Å². The average Bonchev–Trinajstić information content (AvgIpc) is 3.42. The van der Waals surface area contributed by atoms with E-state index in [4.69, 9.17) is 16.7 Å². The third kappa shape index (κ3) is 6.37. The number of nitrogens with zero attached hydrogens (tertiary/aromatic N) is 3. The van der Waals surface area contributed by atoms with Crippen molar-refractivity contribution in [3.8, 4) is 0 Å². The number of benzene rings is 1. The largest absolute Gasteiger partial charge is 0.465 e. The van der Waals surface area contributed by atoms with E-state index >= 15 is 0 Å². The number of hydrogen-bond acceptors (Lipinski definition) is 6. The molecule has 226 valence electrons. The monoisotopic (exact) mass is 629 g/mol. The van der Waals surface area contributed by atoms with Gasteiger partial charge < -0.3 is 20.2 Å². The minimum absolute atomic E-state index is 0.00148. The van der Waals surface area contributed by atoms with Gasteiger partial charge in [0.15, 0.2) is 0 Å². The molecule has 0 aliphatic carbocycles. The SMILES string of the molecule is CC(C)(C)C(=O)Nc1cc(C(F)(F)F)cnc1CC1C2=C(CN(C(=O)O)C2)CN1C(=O)c1ccc(S(N)(=O)=O)c(Cl)c1. The second-order valence-corrected chi connectivity index (χ2v) is 13.0. The Morgan fingerprint density at radius 3 is 2.36 bits per heavy atom. The van der Waals surface area contributed by atoms with E-state index in [1.54, 1.807) is 20.8 Å². The van der Waals surface area contributed by atoms with Crippen LogP contribution in [0.2, 0.25) is 5.02 Å². The van der Waals surface area contributed by atoms with Gasteiger partial charge in [0.25, 0.3) is 5.91 Å². The number of hydrogen-bond donors (Lipinski definition) is 3. The predicted octanol–water partition coefficient (Wildman–Crippen LogP) is 3.74. The number of sulfonamides is 1. The first-order chi connectivity index (χ1) is 19.3. The Labute approximate surface area is 244 Å². The van der Waals surface area contributed by atoms with E-state index in [9.17, 15) is 41.1 Å². The quantitative estimate of drug-likeness (QED) is 0.424. The number of carbonyl (C=O) groups excluding carboxylic acids is 2. The maximum atomic E-state index is 13.7. The molecule has 42 heavy (non-hydrogen) atoms. The number of amides is 3. The summed E-state index contributed by atoms with van der Waals surface area (Å²) < 4.78 is 64.1. The molecule has 0 fully saturated rings. The highest BCUT2D eigenvalue weighted by atomic mass is 35.5. The Morgan fingerprint density at radius 1 is 1.14 bits per heavy atom. The smallest absolute Gasteiger partial charge is 0.417 e.